The summed E-state index contributed by atoms with van der Waals surface area (Å²) in [6, 6.07) is 1.67. The number of anilines is 1. The molecule has 3 N–H and O–H groups in total. The highest BCUT2D eigenvalue weighted by Crippen LogP contribution is 2.45. The van der Waals surface area contributed by atoms with Crippen molar-refractivity contribution in [3.05, 3.63) is 40.2 Å². The van der Waals surface area contributed by atoms with E-state index in [4.69, 9.17) is 4.98 Å². The molecule has 0 aromatic carbocycles. The van der Waals surface area contributed by atoms with Gasteiger partial charge in [-0.05, 0) is 25.3 Å². The Morgan fingerprint density at radius 2 is 2.00 bits per heavy atom. The van der Waals surface area contributed by atoms with E-state index in [-0.39, 0.29) is 42.8 Å². The number of nitrogens with one attached hydrogen (secondary N) is 3. The summed E-state index contributed by atoms with van der Waals surface area (Å²) in [5, 5.41) is 12.4. The van der Waals surface area contributed by atoms with E-state index in [9.17, 15) is 23.2 Å². The minimum Gasteiger partial charge on any atom is -0.367 e. The first kappa shape index (κ1) is 23.0. The third kappa shape index (κ3) is 4.43. The summed E-state index contributed by atoms with van der Waals surface area (Å²) in [4.78, 5) is 43.3. The average Bonchev–Trinajstić information content (AvgIpc) is 3.22. The number of carbonyl (C=O) groups excluding carboxylic acids is 3. The van der Waals surface area contributed by atoms with Gasteiger partial charge < -0.3 is 15.5 Å². The van der Waals surface area contributed by atoms with Crippen LogP contribution in [0.2, 0.25) is 0 Å². The topological polar surface area (TPSA) is 121 Å². The number of nitrogens with zero attached hydrogens (tertiary/aromatic N) is 4. The third-order valence-electron chi connectivity index (χ3n) is 6.58. The number of alkyl halides is 2. The van der Waals surface area contributed by atoms with Crippen LogP contribution in [0.25, 0.3) is 11.7 Å². The SMILES string of the molecule is O=C1NC(=O)/C(=C/c2cnn3c(NC4CC4)cc(C4CC=C(C(=O)N5CCC(F)(F)CC5)S4)nc23)N1. The lowest BCUT2D eigenvalue weighted by Gasteiger charge is -2.32. The summed E-state index contributed by atoms with van der Waals surface area (Å²) in [6.45, 7) is 0.0953. The maximum absolute atomic E-state index is 13.5. The molecule has 0 bridgehead atoms. The molecule has 5 heterocycles. The van der Waals surface area contributed by atoms with Gasteiger partial charge in [-0.3, -0.25) is 14.9 Å². The zero-order valence-corrected chi connectivity index (χ0v) is 19.9. The summed E-state index contributed by atoms with van der Waals surface area (Å²) in [5.74, 6) is -2.70. The first-order valence-electron chi connectivity index (χ1n) is 11.8. The van der Waals surface area contributed by atoms with Crippen LogP contribution in [0, 0.1) is 0 Å². The fourth-order valence-electron chi connectivity index (χ4n) is 4.42. The molecule has 3 fully saturated rings. The van der Waals surface area contributed by atoms with E-state index in [1.54, 1.807) is 10.7 Å². The molecular weight excluding hydrogens is 492 g/mol. The van der Waals surface area contributed by atoms with Crippen molar-refractivity contribution >= 4 is 47.1 Å². The number of carbonyl (C=O) groups is 3. The predicted octanol–water partition coefficient (Wildman–Crippen LogP) is 2.80. The molecule has 0 radical (unpaired) electrons. The Balaban J connectivity index is 1.27. The number of hydrogen-bond donors (Lipinski definition) is 3. The molecule has 4 aliphatic rings. The summed E-state index contributed by atoms with van der Waals surface area (Å²) >= 11 is 1.39. The fourth-order valence-corrected chi connectivity index (χ4v) is 5.58. The highest BCUT2D eigenvalue weighted by atomic mass is 32.2. The van der Waals surface area contributed by atoms with Crippen LogP contribution in [-0.4, -0.2) is 62.4 Å². The number of imide groups is 1. The van der Waals surface area contributed by atoms with Gasteiger partial charge in [0, 0.05) is 43.6 Å². The lowest BCUT2D eigenvalue weighted by Crippen LogP contribution is -2.42. The van der Waals surface area contributed by atoms with Gasteiger partial charge in [0.05, 0.1) is 22.0 Å². The maximum atomic E-state index is 13.5. The number of piperidine rings is 1. The Labute approximate surface area is 208 Å². The van der Waals surface area contributed by atoms with E-state index in [1.165, 1.54) is 22.7 Å². The number of halogens is 2. The minimum atomic E-state index is -2.71. The van der Waals surface area contributed by atoms with E-state index >= 15 is 0 Å². The number of thioether (sulfide) groups is 1. The number of hydrogen-bond acceptors (Lipinski definition) is 7. The predicted molar refractivity (Wildman–Crippen MR) is 128 cm³/mol. The van der Waals surface area contributed by atoms with Gasteiger partial charge in [0.1, 0.15) is 11.5 Å². The third-order valence-corrected chi connectivity index (χ3v) is 7.89. The van der Waals surface area contributed by atoms with Crippen molar-refractivity contribution in [2.75, 3.05) is 18.4 Å². The number of urea groups is 1. The second kappa shape index (κ2) is 8.57. The van der Waals surface area contributed by atoms with Gasteiger partial charge in [-0.25, -0.2) is 18.6 Å². The van der Waals surface area contributed by atoms with E-state index in [0.29, 0.717) is 28.6 Å². The Morgan fingerprint density at radius 1 is 1.22 bits per heavy atom. The zero-order chi connectivity index (χ0) is 25.0. The van der Waals surface area contributed by atoms with Gasteiger partial charge in [-0.2, -0.15) is 9.61 Å². The molecule has 2 aromatic rings. The second-order valence-corrected chi connectivity index (χ2v) is 10.6. The van der Waals surface area contributed by atoms with Crippen molar-refractivity contribution in [2.45, 2.75) is 49.3 Å². The Morgan fingerprint density at radius 3 is 2.69 bits per heavy atom. The quantitative estimate of drug-likeness (QED) is 0.414. The molecule has 4 amide bonds. The van der Waals surface area contributed by atoms with Gasteiger partial charge in [-0.15, -0.1) is 11.8 Å². The Kier molecular flexibility index (Phi) is 5.47. The molecule has 1 saturated carbocycles. The maximum Gasteiger partial charge on any atom is 0.326 e. The van der Waals surface area contributed by atoms with E-state index in [0.717, 1.165) is 24.4 Å². The van der Waals surface area contributed by atoms with Crippen molar-refractivity contribution in [1.82, 2.24) is 30.1 Å². The Bertz CT molecular complexity index is 1340. The van der Waals surface area contributed by atoms with Gasteiger partial charge in [0.25, 0.3) is 17.7 Å². The number of rotatable bonds is 5. The van der Waals surface area contributed by atoms with Crippen LogP contribution in [0.1, 0.15) is 48.6 Å². The van der Waals surface area contributed by atoms with Crippen molar-refractivity contribution < 1.29 is 23.2 Å². The first-order valence-corrected chi connectivity index (χ1v) is 12.7. The molecule has 6 rings (SSSR count). The van der Waals surface area contributed by atoms with Crippen LogP contribution in [-0.2, 0) is 9.59 Å². The summed E-state index contributed by atoms with van der Waals surface area (Å²) in [5.41, 5.74) is 1.91. The van der Waals surface area contributed by atoms with Crippen LogP contribution < -0.4 is 16.0 Å². The van der Waals surface area contributed by atoms with Crippen molar-refractivity contribution in [2.24, 2.45) is 0 Å². The van der Waals surface area contributed by atoms with Crippen LogP contribution in [0.15, 0.2) is 28.9 Å². The first-order chi connectivity index (χ1) is 17.3. The molecule has 188 valence electrons. The van der Waals surface area contributed by atoms with Crippen molar-refractivity contribution in [3.8, 4) is 0 Å². The average molecular weight is 516 g/mol. The minimum absolute atomic E-state index is 0.0477. The summed E-state index contributed by atoms with van der Waals surface area (Å²) in [7, 11) is 0. The van der Waals surface area contributed by atoms with Crippen LogP contribution >= 0.6 is 11.8 Å². The van der Waals surface area contributed by atoms with Gasteiger partial charge >= 0.3 is 6.03 Å². The van der Waals surface area contributed by atoms with Crippen molar-refractivity contribution in [1.29, 1.82) is 0 Å². The standard InChI is InChI=1S/C23H23F2N7O3S/c24-23(25)5-7-31(8-6-23)21(34)17-4-3-16(36-17)14-10-18(27-13-1-2-13)32-19(28-14)12(11-26-32)9-15-20(33)30-22(35)29-15/h4,9-11,13,16,27H,1-3,5-8H2,(H2,29,30,33,35)/b15-9-. The second-order valence-electron chi connectivity index (χ2n) is 9.35. The molecule has 1 unspecified atom stereocenters. The Hall–Kier alpha value is -3.48. The molecule has 3 aliphatic heterocycles. The molecule has 2 saturated heterocycles. The molecule has 13 heteroatoms. The molecule has 10 nitrogen and oxygen atoms in total. The number of fused-ring (bicyclic) bond motifs is 1. The number of allylic oxidation sites excluding steroid dienone is 1. The molecule has 36 heavy (non-hydrogen) atoms. The van der Waals surface area contributed by atoms with Gasteiger partial charge in [-0.1, -0.05) is 6.08 Å². The molecule has 1 aliphatic carbocycles. The smallest absolute Gasteiger partial charge is 0.326 e. The van der Waals surface area contributed by atoms with E-state index < -0.39 is 17.9 Å². The molecular formula is C23H23F2N7O3S. The number of aromatic nitrogens is 3. The monoisotopic (exact) mass is 515 g/mol. The van der Waals surface area contributed by atoms with Crippen LogP contribution in [0.4, 0.5) is 19.4 Å². The van der Waals surface area contributed by atoms with Gasteiger partial charge in [0.15, 0.2) is 5.65 Å². The summed E-state index contributed by atoms with van der Waals surface area (Å²) < 4.78 is 28.7. The largest absolute Gasteiger partial charge is 0.367 e. The zero-order valence-electron chi connectivity index (χ0n) is 19.1. The van der Waals surface area contributed by atoms with Gasteiger partial charge in [0.2, 0.25) is 0 Å². The van der Waals surface area contributed by atoms with E-state index in [1.807, 2.05) is 12.1 Å². The highest BCUT2D eigenvalue weighted by Gasteiger charge is 2.37. The summed E-state index contributed by atoms with van der Waals surface area (Å²) in [6.07, 6.45) is 7.01. The van der Waals surface area contributed by atoms with Crippen molar-refractivity contribution in [3.63, 3.8) is 0 Å². The lowest BCUT2D eigenvalue weighted by molar-refractivity contribution is -0.132. The molecule has 0 spiro atoms. The fraction of sp³-hybridized carbons (Fsp3) is 0.435. The number of likely N-dealkylation sites (tertiary alicyclic amines) is 1. The lowest BCUT2D eigenvalue weighted by atomic mass is 10.1. The number of amides is 4. The van der Waals surface area contributed by atoms with E-state index in [2.05, 4.69) is 21.0 Å². The highest BCUT2D eigenvalue weighted by molar-refractivity contribution is 8.04. The van der Waals surface area contributed by atoms with Crippen LogP contribution in [0.5, 0.6) is 0 Å². The normalized spacial score (nSPS) is 24.7. The van der Waals surface area contributed by atoms with Crippen LogP contribution in [0.3, 0.4) is 0 Å². The molecule has 1 atom stereocenters. The molecule has 2 aromatic heterocycles.